The summed E-state index contributed by atoms with van der Waals surface area (Å²) in [5.74, 6) is 0.603. The molecule has 32 heavy (non-hydrogen) atoms. The molecule has 0 saturated carbocycles. The number of nitrogens with one attached hydrogen (secondary N) is 1. The number of H-pyrrole nitrogens is 1. The lowest BCUT2D eigenvalue weighted by atomic mass is 10.0. The first kappa shape index (κ1) is 21.7. The van der Waals surface area contributed by atoms with Crippen LogP contribution in [0.15, 0.2) is 47.5 Å². The van der Waals surface area contributed by atoms with E-state index in [4.69, 9.17) is 0 Å². The molecule has 8 heteroatoms. The lowest BCUT2D eigenvalue weighted by molar-refractivity contribution is 0.584. The van der Waals surface area contributed by atoms with E-state index in [1.807, 2.05) is 21.4 Å². The molecule has 0 fully saturated rings. The van der Waals surface area contributed by atoms with Gasteiger partial charge in [0.1, 0.15) is 0 Å². The molecule has 1 N–H and O–H groups in total. The molecule has 0 radical (unpaired) electrons. The van der Waals surface area contributed by atoms with Crippen LogP contribution in [0.25, 0.3) is 22.5 Å². The standard InChI is InChI=1S/C24H29N7O/c1-4-6-14-30-17(3)22(7-5-2)31(24(30)32)16-18-8-10-19(11-9-18)21-15-25-13-12-20(21)23-26-28-29-27-23/h8-13,15H,4-7,14,16H2,1-3H3,(H,26,27,28,29). The third kappa shape index (κ3) is 4.26. The summed E-state index contributed by atoms with van der Waals surface area (Å²) < 4.78 is 3.88. The molecule has 166 valence electrons. The zero-order valence-electron chi connectivity index (χ0n) is 18.9. The number of tetrazole rings is 1. The van der Waals surface area contributed by atoms with Gasteiger partial charge >= 0.3 is 5.69 Å². The highest BCUT2D eigenvalue weighted by Gasteiger charge is 2.16. The number of benzene rings is 1. The second-order valence-corrected chi connectivity index (χ2v) is 8.02. The number of aromatic nitrogens is 7. The Balaban J connectivity index is 1.64. The lowest BCUT2D eigenvalue weighted by Gasteiger charge is -2.10. The number of rotatable bonds is 9. The molecular formula is C24H29N7O. The monoisotopic (exact) mass is 431 g/mol. The van der Waals surface area contributed by atoms with Crippen LogP contribution in [0.5, 0.6) is 0 Å². The summed E-state index contributed by atoms with van der Waals surface area (Å²) in [6.45, 7) is 7.73. The van der Waals surface area contributed by atoms with Crippen molar-refractivity contribution in [3.8, 4) is 22.5 Å². The van der Waals surface area contributed by atoms with Crippen LogP contribution in [-0.4, -0.2) is 34.7 Å². The third-order valence-corrected chi connectivity index (χ3v) is 5.86. The van der Waals surface area contributed by atoms with Crippen LogP contribution in [0.4, 0.5) is 0 Å². The van der Waals surface area contributed by atoms with Gasteiger partial charge in [0, 0.05) is 41.5 Å². The maximum atomic E-state index is 13.2. The summed E-state index contributed by atoms with van der Waals surface area (Å²) in [6, 6.07) is 10.2. The van der Waals surface area contributed by atoms with Crippen molar-refractivity contribution in [1.29, 1.82) is 0 Å². The number of hydrogen-bond donors (Lipinski definition) is 1. The van der Waals surface area contributed by atoms with E-state index in [1.54, 1.807) is 6.20 Å². The number of aromatic amines is 1. The van der Waals surface area contributed by atoms with Gasteiger partial charge in [0.2, 0.25) is 0 Å². The van der Waals surface area contributed by atoms with E-state index in [2.05, 4.69) is 70.6 Å². The molecule has 4 rings (SSSR count). The van der Waals surface area contributed by atoms with Crippen LogP contribution < -0.4 is 5.69 Å². The van der Waals surface area contributed by atoms with Gasteiger partial charge in [-0.05, 0) is 47.4 Å². The van der Waals surface area contributed by atoms with E-state index < -0.39 is 0 Å². The van der Waals surface area contributed by atoms with Crippen molar-refractivity contribution in [2.24, 2.45) is 0 Å². The minimum atomic E-state index is 0.0934. The molecule has 4 aromatic rings. The normalized spacial score (nSPS) is 11.2. The van der Waals surface area contributed by atoms with Crippen molar-refractivity contribution < 1.29 is 0 Å². The summed E-state index contributed by atoms with van der Waals surface area (Å²) in [6.07, 6.45) is 7.54. The van der Waals surface area contributed by atoms with Crippen molar-refractivity contribution in [2.75, 3.05) is 0 Å². The molecule has 0 aliphatic heterocycles. The lowest BCUT2D eigenvalue weighted by Crippen LogP contribution is -2.26. The Morgan fingerprint density at radius 1 is 1.00 bits per heavy atom. The summed E-state index contributed by atoms with van der Waals surface area (Å²) in [5, 5.41) is 14.2. The summed E-state index contributed by atoms with van der Waals surface area (Å²) in [7, 11) is 0. The van der Waals surface area contributed by atoms with Gasteiger partial charge in [-0.25, -0.2) is 9.89 Å². The van der Waals surface area contributed by atoms with Crippen molar-refractivity contribution in [3.05, 3.63) is 70.2 Å². The number of nitrogens with zero attached hydrogens (tertiary/aromatic N) is 6. The molecule has 0 spiro atoms. The minimum absolute atomic E-state index is 0.0934. The summed E-state index contributed by atoms with van der Waals surface area (Å²) in [4.78, 5) is 17.4. The molecule has 0 amide bonds. The predicted octanol–water partition coefficient (Wildman–Crippen LogP) is 4.00. The van der Waals surface area contributed by atoms with Crippen LogP contribution in [0.3, 0.4) is 0 Å². The van der Waals surface area contributed by atoms with Crippen LogP contribution in [0.2, 0.25) is 0 Å². The number of imidazole rings is 1. The Morgan fingerprint density at radius 3 is 2.50 bits per heavy atom. The molecular weight excluding hydrogens is 402 g/mol. The first-order chi connectivity index (χ1) is 15.6. The molecule has 0 atom stereocenters. The predicted molar refractivity (Wildman–Crippen MR) is 124 cm³/mol. The Hall–Kier alpha value is -3.55. The molecule has 0 aliphatic rings. The van der Waals surface area contributed by atoms with E-state index in [0.29, 0.717) is 12.4 Å². The topological polar surface area (TPSA) is 94.3 Å². The zero-order chi connectivity index (χ0) is 22.5. The Bertz CT molecular complexity index is 1220. The first-order valence-electron chi connectivity index (χ1n) is 11.2. The number of unbranched alkanes of at least 4 members (excludes halogenated alkanes) is 1. The summed E-state index contributed by atoms with van der Waals surface area (Å²) >= 11 is 0. The Morgan fingerprint density at radius 2 is 1.81 bits per heavy atom. The van der Waals surface area contributed by atoms with E-state index in [-0.39, 0.29) is 5.69 Å². The van der Waals surface area contributed by atoms with Gasteiger partial charge in [0.05, 0.1) is 6.54 Å². The maximum Gasteiger partial charge on any atom is 0.328 e. The molecule has 8 nitrogen and oxygen atoms in total. The fraction of sp³-hybridized carbons (Fsp3) is 0.375. The van der Waals surface area contributed by atoms with Crippen molar-refractivity contribution in [3.63, 3.8) is 0 Å². The van der Waals surface area contributed by atoms with Gasteiger partial charge < -0.3 is 0 Å². The molecule has 0 saturated heterocycles. The van der Waals surface area contributed by atoms with Gasteiger partial charge in [-0.3, -0.25) is 14.1 Å². The molecule has 3 heterocycles. The Kier molecular flexibility index (Phi) is 6.58. The smallest absolute Gasteiger partial charge is 0.296 e. The summed E-state index contributed by atoms with van der Waals surface area (Å²) in [5.41, 5.74) is 6.29. The van der Waals surface area contributed by atoms with Crippen molar-refractivity contribution in [2.45, 2.75) is 59.5 Å². The maximum absolute atomic E-state index is 13.2. The molecule has 3 aromatic heterocycles. The molecule has 0 bridgehead atoms. The number of hydrogen-bond acceptors (Lipinski definition) is 5. The first-order valence-corrected chi connectivity index (χ1v) is 11.2. The van der Waals surface area contributed by atoms with E-state index in [0.717, 1.165) is 65.9 Å². The van der Waals surface area contributed by atoms with E-state index >= 15 is 0 Å². The van der Waals surface area contributed by atoms with Crippen LogP contribution >= 0.6 is 0 Å². The highest BCUT2D eigenvalue weighted by molar-refractivity contribution is 5.79. The molecule has 0 aliphatic carbocycles. The number of pyridine rings is 1. The molecule has 0 unspecified atom stereocenters. The highest BCUT2D eigenvalue weighted by atomic mass is 16.1. The van der Waals surface area contributed by atoms with Crippen LogP contribution in [0, 0.1) is 6.92 Å². The van der Waals surface area contributed by atoms with Gasteiger partial charge in [-0.2, -0.15) is 0 Å². The van der Waals surface area contributed by atoms with Gasteiger partial charge in [-0.15, -0.1) is 5.10 Å². The van der Waals surface area contributed by atoms with Gasteiger partial charge in [0.25, 0.3) is 0 Å². The fourth-order valence-electron chi connectivity index (χ4n) is 4.13. The second-order valence-electron chi connectivity index (χ2n) is 8.02. The van der Waals surface area contributed by atoms with Gasteiger partial charge in [0.15, 0.2) is 5.82 Å². The van der Waals surface area contributed by atoms with E-state index in [1.165, 1.54) is 0 Å². The Labute approximate surface area is 187 Å². The zero-order valence-corrected chi connectivity index (χ0v) is 18.9. The average Bonchev–Trinajstić information content (AvgIpc) is 3.43. The average molecular weight is 432 g/mol. The third-order valence-electron chi connectivity index (χ3n) is 5.86. The SMILES string of the molecule is CCCCn1c(C)c(CCC)n(Cc2ccc(-c3cnccc3-c3nnn[nH]3)cc2)c1=O. The largest absolute Gasteiger partial charge is 0.328 e. The van der Waals surface area contributed by atoms with Crippen molar-refractivity contribution in [1.82, 2.24) is 34.7 Å². The second kappa shape index (κ2) is 9.72. The molecule has 1 aromatic carbocycles. The quantitative estimate of drug-likeness (QED) is 0.432. The highest BCUT2D eigenvalue weighted by Crippen LogP contribution is 2.29. The minimum Gasteiger partial charge on any atom is -0.296 e. The fourth-order valence-corrected chi connectivity index (χ4v) is 4.13. The van der Waals surface area contributed by atoms with Crippen molar-refractivity contribution >= 4 is 0 Å². The van der Waals surface area contributed by atoms with Crippen LogP contribution in [0.1, 0.15) is 50.1 Å². The van der Waals surface area contributed by atoms with E-state index in [9.17, 15) is 4.79 Å². The van der Waals surface area contributed by atoms with Crippen LogP contribution in [-0.2, 0) is 19.5 Å². The van der Waals surface area contributed by atoms with Gasteiger partial charge in [-0.1, -0.05) is 51.0 Å².